The Morgan fingerprint density at radius 1 is 0.833 bits per heavy atom. The van der Waals surface area contributed by atoms with Gasteiger partial charge in [-0.3, -0.25) is 0 Å². The lowest BCUT2D eigenvalue weighted by Crippen LogP contribution is -2.02. The van der Waals surface area contributed by atoms with Crippen LogP contribution >= 0.6 is 31.7 Å². The van der Waals surface area contributed by atoms with Gasteiger partial charge in [0.15, 0.2) is 6.16 Å². The summed E-state index contributed by atoms with van der Waals surface area (Å²) in [6, 6.07) is 15.3. The van der Waals surface area contributed by atoms with Crippen LogP contribution in [0.15, 0.2) is 48.5 Å². The monoisotopic (exact) mass is 297 g/mol. The molecule has 4 heteroatoms. The van der Waals surface area contributed by atoms with Gasteiger partial charge in [-0.25, -0.2) is 0 Å². The molecule has 1 unspecified atom stereocenters. The van der Waals surface area contributed by atoms with Gasteiger partial charge in [-0.1, -0.05) is 52.0 Å². The van der Waals surface area contributed by atoms with Crippen LogP contribution in [0.1, 0.15) is 17.0 Å². The second-order valence-corrected chi connectivity index (χ2v) is 5.57. The third kappa shape index (κ3) is 3.32. The van der Waals surface area contributed by atoms with Gasteiger partial charge in [0.2, 0.25) is 0 Å². The topological polar surface area (TPSA) is 17.1 Å². The van der Waals surface area contributed by atoms with Crippen LogP contribution in [0.3, 0.4) is 0 Å². The molecule has 2 rings (SSSR count). The van der Waals surface area contributed by atoms with Gasteiger partial charge >= 0.3 is 8.46 Å². The van der Waals surface area contributed by atoms with E-state index in [1.807, 2.05) is 48.5 Å². The Hall–Kier alpha value is -0.880. The maximum atomic E-state index is 11.0. The summed E-state index contributed by atoms with van der Waals surface area (Å²) in [5.41, 5.74) is 2.23. The van der Waals surface area contributed by atoms with E-state index in [1.165, 1.54) is 0 Å². The summed E-state index contributed by atoms with van der Waals surface area (Å²) in [7, 11) is -0.332. The summed E-state index contributed by atoms with van der Waals surface area (Å²) in [6.45, 7) is 0. The molecule has 92 valence electrons. The Balaban J connectivity index is 2.35. The van der Waals surface area contributed by atoms with Crippen molar-refractivity contribution in [2.24, 2.45) is 0 Å². The number of hydrogen-bond donors (Lipinski definition) is 0. The van der Waals surface area contributed by atoms with Gasteiger partial charge in [-0.2, -0.15) is 0 Å². The van der Waals surface area contributed by atoms with Gasteiger partial charge in [0.05, 0.1) is 5.92 Å². The molecular weight excluding hydrogens is 286 g/mol. The lowest BCUT2D eigenvalue weighted by atomic mass is 9.93. The van der Waals surface area contributed by atoms with Gasteiger partial charge in [0.1, 0.15) is 0 Å². The van der Waals surface area contributed by atoms with Crippen LogP contribution < -0.4 is 0 Å². The molecule has 0 N–H and O–H groups in total. The Bertz CT molecular complexity index is 477. The Morgan fingerprint density at radius 3 is 1.56 bits per heavy atom. The second-order valence-electron chi connectivity index (χ2n) is 4.00. The van der Waals surface area contributed by atoms with Crippen LogP contribution in [-0.2, 0) is 4.57 Å². The summed E-state index contributed by atoms with van der Waals surface area (Å²) >= 11 is 11.8. The normalized spacial score (nSPS) is 11.1. The molecule has 1 nitrogen and oxygen atoms in total. The van der Waals surface area contributed by atoms with Crippen molar-refractivity contribution in [2.75, 3.05) is 6.16 Å². The zero-order valence-corrected chi connectivity index (χ0v) is 12.1. The third-order valence-electron chi connectivity index (χ3n) is 2.83. The Labute approximate surface area is 118 Å². The SMILES string of the molecule is O=[PH+]CC(c1ccc(Cl)cc1)c1ccc(Cl)cc1. The van der Waals surface area contributed by atoms with Crippen molar-refractivity contribution in [1.82, 2.24) is 0 Å². The molecular formula is C14H12Cl2OP+. The highest BCUT2D eigenvalue weighted by Gasteiger charge is 2.17. The minimum atomic E-state index is -0.332. The lowest BCUT2D eigenvalue weighted by Gasteiger charge is -2.12. The first kappa shape index (κ1) is 13.5. The largest absolute Gasteiger partial charge is 0.325 e. The summed E-state index contributed by atoms with van der Waals surface area (Å²) in [5.74, 6) is 0.121. The molecule has 0 fully saturated rings. The molecule has 0 aliphatic carbocycles. The molecule has 2 aromatic carbocycles. The second kappa shape index (κ2) is 6.33. The maximum absolute atomic E-state index is 11.0. The van der Waals surface area contributed by atoms with Crippen molar-refractivity contribution >= 4 is 31.7 Å². The predicted molar refractivity (Wildman–Crippen MR) is 78.6 cm³/mol. The van der Waals surface area contributed by atoms with Crippen LogP contribution in [-0.4, -0.2) is 6.16 Å². The van der Waals surface area contributed by atoms with Gasteiger partial charge in [0, 0.05) is 10.0 Å². The first-order valence-corrected chi connectivity index (χ1v) is 7.44. The smallest absolute Gasteiger partial charge is 0.0843 e. The van der Waals surface area contributed by atoms with E-state index >= 15 is 0 Å². The zero-order valence-electron chi connectivity index (χ0n) is 9.57. The van der Waals surface area contributed by atoms with E-state index in [0.717, 1.165) is 11.1 Å². The van der Waals surface area contributed by atoms with Gasteiger partial charge in [-0.15, -0.1) is 0 Å². The minimum absolute atomic E-state index is 0.121. The maximum Gasteiger partial charge on any atom is 0.325 e. The highest BCUT2D eigenvalue weighted by molar-refractivity contribution is 7.23. The van der Waals surface area contributed by atoms with Crippen molar-refractivity contribution in [2.45, 2.75) is 5.92 Å². The number of benzene rings is 2. The van der Waals surface area contributed by atoms with E-state index in [0.29, 0.717) is 16.2 Å². The quantitative estimate of drug-likeness (QED) is 0.713. The fraction of sp³-hybridized carbons (Fsp3) is 0.143. The molecule has 0 radical (unpaired) electrons. The van der Waals surface area contributed by atoms with E-state index in [1.54, 1.807) is 0 Å². The molecule has 0 aliphatic heterocycles. The van der Waals surface area contributed by atoms with Crippen molar-refractivity contribution < 1.29 is 4.57 Å². The van der Waals surface area contributed by atoms with E-state index < -0.39 is 0 Å². The minimum Gasteiger partial charge on any atom is -0.0843 e. The van der Waals surface area contributed by atoms with E-state index in [-0.39, 0.29) is 14.4 Å². The zero-order chi connectivity index (χ0) is 13.0. The average Bonchev–Trinajstić information content (AvgIpc) is 2.39. The molecule has 1 atom stereocenters. The van der Waals surface area contributed by atoms with Crippen LogP contribution in [0, 0.1) is 0 Å². The summed E-state index contributed by atoms with van der Waals surface area (Å²) < 4.78 is 11.0. The molecule has 0 aliphatic rings. The Morgan fingerprint density at radius 2 is 1.22 bits per heavy atom. The van der Waals surface area contributed by atoms with E-state index in [9.17, 15) is 4.57 Å². The molecule has 0 saturated heterocycles. The fourth-order valence-electron chi connectivity index (χ4n) is 1.90. The summed E-state index contributed by atoms with van der Waals surface area (Å²) in [5, 5.41) is 1.41. The Kier molecular flexibility index (Phi) is 4.77. The number of rotatable bonds is 4. The molecule has 0 spiro atoms. The molecule has 0 bridgehead atoms. The van der Waals surface area contributed by atoms with Crippen molar-refractivity contribution in [1.29, 1.82) is 0 Å². The van der Waals surface area contributed by atoms with Gasteiger partial charge < -0.3 is 0 Å². The number of hydrogen-bond acceptors (Lipinski definition) is 1. The molecule has 0 heterocycles. The average molecular weight is 298 g/mol. The van der Waals surface area contributed by atoms with E-state index in [2.05, 4.69) is 0 Å². The van der Waals surface area contributed by atoms with Gasteiger partial charge in [-0.05, 0) is 35.4 Å². The highest BCUT2D eigenvalue weighted by atomic mass is 35.5. The number of halogens is 2. The molecule has 0 saturated carbocycles. The van der Waals surface area contributed by atoms with Crippen LogP contribution in [0.25, 0.3) is 0 Å². The first-order chi connectivity index (χ1) is 8.70. The van der Waals surface area contributed by atoms with Crippen molar-refractivity contribution in [3.8, 4) is 0 Å². The molecule has 2 aromatic rings. The molecule has 18 heavy (non-hydrogen) atoms. The van der Waals surface area contributed by atoms with E-state index in [4.69, 9.17) is 23.2 Å². The first-order valence-electron chi connectivity index (χ1n) is 5.56. The molecule has 0 aromatic heterocycles. The molecule has 0 amide bonds. The van der Waals surface area contributed by atoms with Crippen LogP contribution in [0.2, 0.25) is 10.0 Å². The van der Waals surface area contributed by atoms with Crippen LogP contribution in [0.4, 0.5) is 0 Å². The van der Waals surface area contributed by atoms with Crippen molar-refractivity contribution in [3.63, 3.8) is 0 Å². The lowest BCUT2D eigenvalue weighted by molar-refractivity contribution is 0.596. The third-order valence-corrected chi connectivity index (χ3v) is 3.91. The fourth-order valence-corrected chi connectivity index (χ4v) is 2.79. The van der Waals surface area contributed by atoms with Crippen molar-refractivity contribution in [3.05, 3.63) is 69.7 Å². The summed E-state index contributed by atoms with van der Waals surface area (Å²) in [4.78, 5) is 0. The van der Waals surface area contributed by atoms with Crippen LogP contribution in [0.5, 0.6) is 0 Å². The summed E-state index contributed by atoms with van der Waals surface area (Å²) in [6.07, 6.45) is 0.600. The highest BCUT2D eigenvalue weighted by Crippen LogP contribution is 2.29. The van der Waals surface area contributed by atoms with Gasteiger partial charge in [0.25, 0.3) is 0 Å². The predicted octanol–water partition coefficient (Wildman–Crippen LogP) is 5.15. The standard InChI is InChI=1S/C14H11Cl2OP/c15-12-5-1-10(2-6-12)14(9-18-17)11-3-7-13(16)8-4-11/h1-8,14H,9H2/p+1.